The third-order valence-electron chi connectivity index (χ3n) is 3.60. The molecule has 106 valence electrons. The Morgan fingerprint density at radius 1 is 0.944 bits per heavy atom. The molecule has 18 heavy (non-hydrogen) atoms. The summed E-state index contributed by atoms with van der Waals surface area (Å²) in [6.45, 7) is 8.92. The van der Waals surface area contributed by atoms with E-state index in [0.29, 0.717) is 26.2 Å². The van der Waals surface area contributed by atoms with Gasteiger partial charge in [0.1, 0.15) is 0 Å². The molecule has 2 saturated heterocycles. The molecule has 2 aliphatic rings. The number of piperazine rings is 2. The Balaban J connectivity index is 1.91. The second-order valence-electron chi connectivity index (χ2n) is 4.90. The van der Waals surface area contributed by atoms with Crippen LogP contribution in [0.3, 0.4) is 0 Å². The molecule has 0 atom stereocenters. The molecular weight excluding hydrogens is 252 g/mol. The second-order valence-corrected chi connectivity index (χ2v) is 6.83. The molecule has 2 rings (SSSR count). The smallest absolute Gasteiger partial charge is 0.282 e. The van der Waals surface area contributed by atoms with Crippen molar-refractivity contribution >= 4 is 10.2 Å². The van der Waals surface area contributed by atoms with Crippen molar-refractivity contribution in [1.29, 1.82) is 0 Å². The van der Waals surface area contributed by atoms with Gasteiger partial charge in [-0.1, -0.05) is 6.92 Å². The van der Waals surface area contributed by atoms with E-state index < -0.39 is 10.2 Å². The molecule has 0 unspecified atom stereocenters. The van der Waals surface area contributed by atoms with Crippen LogP contribution in [0.4, 0.5) is 0 Å². The van der Waals surface area contributed by atoms with Crippen molar-refractivity contribution in [2.45, 2.75) is 13.3 Å². The molecule has 1 N–H and O–H groups in total. The van der Waals surface area contributed by atoms with E-state index in [4.69, 9.17) is 0 Å². The summed E-state index contributed by atoms with van der Waals surface area (Å²) in [4.78, 5) is 2.34. The highest BCUT2D eigenvalue weighted by Gasteiger charge is 2.32. The van der Waals surface area contributed by atoms with Crippen molar-refractivity contribution in [2.75, 3.05) is 58.9 Å². The van der Waals surface area contributed by atoms with Gasteiger partial charge in [-0.2, -0.15) is 17.0 Å². The molecule has 0 saturated carbocycles. The molecule has 0 bridgehead atoms. The number of nitrogens with zero attached hydrogens (tertiary/aromatic N) is 3. The quantitative estimate of drug-likeness (QED) is 0.728. The minimum Gasteiger partial charge on any atom is -0.314 e. The van der Waals surface area contributed by atoms with E-state index in [2.05, 4.69) is 17.1 Å². The molecule has 7 heteroatoms. The summed E-state index contributed by atoms with van der Waals surface area (Å²) in [5.74, 6) is 0. The topological polar surface area (TPSA) is 55.9 Å². The Morgan fingerprint density at radius 2 is 1.50 bits per heavy atom. The summed E-state index contributed by atoms with van der Waals surface area (Å²) in [5, 5.41) is 3.18. The fourth-order valence-corrected chi connectivity index (χ4v) is 4.13. The van der Waals surface area contributed by atoms with Crippen LogP contribution in [0.5, 0.6) is 0 Å². The summed E-state index contributed by atoms with van der Waals surface area (Å²) in [5.41, 5.74) is 0. The standard InChI is InChI=1S/C11H24N4O2S/c1-2-5-13-8-10-15(11-9-13)18(16,17)14-6-3-12-4-7-14/h12H,2-11H2,1H3. The Bertz CT molecular complexity index is 346. The van der Waals surface area contributed by atoms with E-state index in [0.717, 1.165) is 39.1 Å². The largest absolute Gasteiger partial charge is 0.314 e. The molecule has 2 heterocycles. The van der Waals surface area contributed by atoms with E-state index in [1.807, 2.05) is 0 Å². The highest BCUT2D eigenvalue weighted by Crippen LogP contribution is 2.13. The number of hydrogen-bond donors (Lipinski definition) is 1. The predicted octanol–water partition coefficient (Wildman–Crippen LogP) is -0.836. The van der Waals surface area contributed by atoms with E-state index >= 15 is 0 Å². The Hall–Kier alpha value is -0.210. The van der Waals surface area contributed by atoms with Crippen molar-refractivity contribution in [3.8, 4) is 0 Å². The lowest BCUT2D eigenvalue weighted by Gasteiger charge is -2.37. The van der Waals surface area contributed by atoms with Crippen molar-refractivity contribution in [3.05, 3.63) is 0 Å². The Morgan fingerprint density at radius 3 is 2.06 bits per heavy atom. The van der Waals surface area contributed by atoms with Crippen molar-refractivity contribution in [1.82, 2.24) is 18.8 Å². The number of rotatable bonds is 4. The first kappa shape index (κ1) is 14.2. The zero-order chi connectivity index (χ0) is 13.0. The van der Waals surface area contributed by atoms with Crippen LogP contribution in [0.25, 0.3) is 0 Å². The van der Waals surface area contributed by atoms with Gasteiger partial charge in [0.25, 0.3) is 10.2 Å². The van der Waals surface area contributed by atoms with Gasteiger partial charge in [0.15, 0.2) is 0 Å². The molecule has 0 aliphatic carbocycles. The molecule has 0 aromatic rings. The maximum absolute atomic E-state index is 12.4. The van der Waals surface area contributed by atoms with Gasteiger partial charge in [0.2, 0.25) is 0 Å². The van der Waals surface area contributed by atoms with Gasteiger partial charge in [0, 0.05) is 52.4 Å². The van der Waals surface area contributed by atoms with Crippen LogP contribution in [0.2, 0.25) is 0 Å². The molecule has 2 aliphatic heterocycles. The van der Waals surface area contributed by atoms with Gasteiger partial charge in [0.05, 0.1) is 0 Å². The molecule has 0 amide bonds. The maximum Gasteiger partial charge on any atom is 0.282 e. The van der Waals surface area contributed by atoms with Crippen LogP contribution >= 0.6 is 0 Å². The monoisotopic (exact) mass is 276 g/mol. The molecule has 2 fully saturated rings. The molecule has 0 spiro atoms. The van der Waals surface area contributed by atoms with Gasteiger partial charge in [-0.05, 0) is 13.0 Å². The van der Waals surface area contributed by atoms with Gasteiger partial charge in [-0.3, -0.25) is 0 Å². The lowest BCUT2D eigenvalue weighted by Crippen LogP contribution is -2.56. The minimum atomic E-state index is -3.22. The maximum atomic E-state index is 12.4. The molecule has 0 radical (unpaired) electrons. The number of nitrogens with one attached hydrogen (secondary N) is 1. The lowest BCUT2D eigenvalue weighted by atomic mass is 10.3. The predicted molar refractivity (Wildman–Crippen MR) is 71.7 cm³/mol. The fourth-order valence-electron chi connectivity index (χ4n) is 2.54. The van der Waals surface area contributed by atoms with E-state index in [1.165, 1.54) is 0 Å². The second kappa shape index (κ2) is 6.29. The van der Waals surface area contributed by atoms with Crippen LogP contribution in [0.15, 0.2) is 0 Å². The first-order valence-electron chi connectivity index (χ1n) is 6.83. The van der Waals surface area contributed by atoms with Gasteiger partial charge >= 0.3 is 0 Å². The molecule has 6 nitrogen and oxygen atoms in total. The van der Waals surface area contributed by atoms with Crippen LogP contribution in [-0.4, -0.2) is 80.8 Å². The Kier molecular flexibility index (Phi) is 4.97. The minimum absolute atomic E-state index is 0.595. The van der Waals surface area contributed by atoms with Crippen LogP contribution in [-0.2, 0) is 10.2 Å². The summed E-state index contributed by atoms with van der Waals surface area (Å²) in [6, 6.07) is 0. The van der Waals surface area contributed by atoms with Crippen LogP contribution in [0.1, 0.15) is 13.3 Å². The van der Waals surface area contributed by atoms with Crippen molar-refractivity contribution in [3.63, 3.8) is 0 Å². The third kappa shape index (κ3) is 3.21. The average Bonchev–Trinajstić information content (AvgIpc) is 2.41. The number of hydrogen-bond acceptors (Lipinski definition) is 4. The lowest BCUT2D eigenvalue weighted by molar-refractivity contribution is 0.180. The average molecular weight is 276 g/mol. The summed E-state index contributed by atoms with van der Waals surface area (Å²) >= 11 is 0. The van der Waals surface area contributed by atoms with Gasteiger partial charge < -0.3 is 10.2 Å². The van der Waals surface area contributed by atoms with Crippen molar-refractivity contribution < 1.29 is 8.42 Å². The van der Waals surface area contributed by atoms with Crippen LogP contribution < -0.4 is 5.32 Å². The van der Waals surface area contributed by atoms with Crippen molar-refractivity contribution in [2.24, 2.45) is 0 Å². The van der Waals surface area contributed by atoms with E-state index in [-0.39, 0.29) is 0 Å². The summed E-state index contributed by atoms with van der Waals surface area (Å²) < 4.78 is 28.1. The fraction of sp³-hybridized carbons (Fsp3) is 1.00. The Labute approximate surface area is 110 Å². The normalized spacial score (nSPS) is 25.4. The highest BCUT2D eigenvalue weighted by molar-refractivity contribution is 7.86. The summed E-state index contributed by atoms with van der Waals surface area (Å²) in [7, 11) is -3.22. The van der Waals surface area contributed by atoms with Gasteiger partial charge in [-0.25, -0.2) is 0 Å². The SMILES string of the molecule is CCCN1CCN(S(=O)(=O)N2CCNCC2)CC1. The molecule has 0 aromatic heterocycles. The van der Waals surface area contributed by atoms with E-state index in [1.54, 1.807) is 8.61 Å². The first-order chi connectivity index (χ1) is 8.64. The molecule has 0 aromatic carbocycles. The zero-order valence-electron chi connectivity index (χ0n) is 11.1. The first-order valence-corrected chi connectivity index (χ1v) is 8.22. The van der Waals surface area contributed by atoms with E-state index in [9.17, 15) is 8.42 Å². The zero-order valence-corrected chi connectivity index (χ0v) is 12.0. The highest BCUT2D eigenvalue weighted by atomic mass is 32.2. The third-order valence-corrected chi connectivity index (χ3v) is 5.64. The van der Waals surface area contributed by atoms with Gasteiger partial charge in [-0.15, -0.1) is 0 Å². The van der Waals surface area contributed by atoms with Crippen LogP contribution in [0, 0.1) is 0 Å². The molecular formula is C11H24N4O2S. The summed E-state index contributed by atoms with van der Waals surface area (Å²) in [6.07, 6.45) is 1.13.